The van der Waals surface area contributed by atoms with Gasteiger partial charge in [0.1, 0.15) is 5.82 Å². The molecule has 4 heterocycles. The summed E-state index contributed by atoms with van der Waals surface area (Å²) < 4.78 is 4.31. The number of rotatable bonds is 4. The highest BCUT2D eigenvalue weighted by Crippen LogP contribution is 2.27. The molecule has 0 N–H and O–H groups in total. The minimum absolute atomic E-state index is 0.349. The van der Waals surface area contributed by atoms with Gasteiger partial charge in [0, 0.05) is 36.9 Å². The summed E-state index contributed by atoms with van der Waals surface area (Å²) in [7, 11) is 0. The van der Waals surface area contributed by atoms with E-state index in [2.05, 4.69) is 44.0 Å². The van der Waals surface area contributed by atoms with Crippen LogP contribution in [0.3, 0.4) is 0 Å². The maximum atomic E-state index is 4.68. The van der Waals surface area contributed by atoms with E-state index >= 15 is 0 Å². The summed E-state index contributed by atoms with van der Waals surface area (Å²) in [5, 5.41) is 6.44. The van der Waals surface area contributed by atoms with E-state index in [1.54, 1.807) is 0 Å². The molecule has 1 unspecified atom stereocenters. The average molecular weight is 313 g/mol. The fourth-order valence-electron chi connectivity index (χ4n) is 3.11. The van der Waals surface area contributed by atoms with Crippen molar-refractivity contribution in [2.45, 2.75) is 32.6 Å². The van der Waals surface area contributed by atoms with Crippen molar-refractivity contribution in [2.24, 2.45) is 0 Å². The van der Waals surface area contributed by atoms with Crippen molar-refractivity contribution in [3.63, 3.8) is 0 Å². The molecule has 0 bridgehead atoms. The molecule has 0 spiro atoms. The van der Waals surface area contributed by atoms with Gasteiger partial charge in [-0.2, -0.15) is 5.10 Å². The van der Waals surface area contributed by atoms with Gasteiger partial charge in [0.2, 0.25) is 0 Å². The minimum Gasteiger partial charge on any atom is -0.328 e. The standard InChI is InChI=1S/C16H19N5S/c1-13-16-17-10-14(11-20-6-3-5-18-20)21(16)8-7-19(13)12-15-4-2-9-22-15/h2-6,9-10,13H,7-8,11-12H2,1H3. The van der Waals surface area contributed by atoms with Crippen LogP contribution in [0.2, 0.25) is 0 Å². The normalized spacial score (nSPS) is 18.5. The van der Waals surface area contributed by atoms with Crippen molar-refractivity contribution in [1.82, 2.24) is 24.2 Å². The van der Waals surface area contributed by atoms with Crippen LogP contribution in [0.5, 0.6) is 0 Å². The summed E-state index contributed by atoms with van der Waals surface area (Å²) in [5.41, 5.74) is 1.24. The molecule has 22 heavy (non-hydrogen) atoms. The Balaban J connectivity index is 1.54. The van der Waals surface area contributed by atoms with Gasteiger partial charge in [-0.3, -0.25) is 9.58 Å². The molecule has 0 saturated carbocycles. The fraction of sp³-hybridized carbons (Fsp3) is 0.375. The Hall–Kier alpha value is -1.92. The smallest absolute Gasteiger partial charge is 0.126 e. The lowest BCUT2D eigenvalue weighted by atomic mass is 10.2. The van der Waals surface area contributed by atoms with Crippen LogP contribution in [0, 0.1) is 0 Å². The van der Waals surface area contributed by atoms with Gasteiger partial charge in [-0.1, -0.05) is 6.07 Å². The van der Waals surface area contributed by atoms with E-state index < -0.39 is 0 Å². The van der Waals surface area contributed by atoms with Gasteiger partial charge in [-0.25, -0.2) is 4.98 Å². The first-order valence-corrected chi connectivity index (χ1v) is 8.47. The monoisotopic (exact) mass is 313 g/mol. The highest BCUT2D eigenvalue weighted by molar-refractivity contribution is 7.09. The van der Waals surface area contributed by atoms with E-state index in [-0.39, 0.29) is 0 Å². The predicted octanol–water partition coefficient (Wildman–Crippen LogP) is 2.77. The first-order chi connectivity index (χ1) is 10.8. The molecule has 0 radical (unpaired) electrons. The zero-order chi connectivity index (χ0) is 14.9. The van der Waals surface area contributed by atoms with Crippen LogP contribution in [0.25, 0.3) is 0 Å². The summed E-state index contributed by atoms with van der Waals surface area (Å²) in [5.74, 6) is 1.17. The van der Waals surface area contributed by atoms with Crippen molar-refractivity contribution in [3.8, 4) is 0 Å². The maximum Gasteiger partial charge on any atom is 0.126 e. The Morgan fingerprint density at radius 2 is 2.23 bits per heavy atom. The van der Waals surface area contributed by atoms with Gasteiger partial charge >= 0.3 is 0 Å². The van der Waals surface area contributed by atoms with Crippen LogP contribution >= 0.6 is 11.3 Å². The van der Waals surface area contributed by atoms with Crippen LogP contribution in [0.1, 0.15) is 29.4 Å². The lowest BCUT2D eigenvalue weighted by Crippen LogP contribution is -2.37. The van der Waals surface area contributed by atoms with Crippen LogP contribution in [-0.4, -0.2) is 30.8 Å². The molecule has 6 heteroatoms. The molecule has 4 rings (SSSR count). The largest absolute Gasteiger partial charge is 0.328 e. The lowest BCUT2D eigenvalue weighted by molar-refractivity contribution is 0.156. The first kappa shape index (κ1) is 13.7. The quantitative estimate of drug-likeness (QED) is 0.743. The van der Waals surface area contributed by atoms with Crippen molar-refractivity contribution in [3.05, 3.63) is 58.6 Å². The third-order valence-corrected chi connectivity index (χ3v) is 5.18. The van der Waals surface area contributed by atoms with Gasteiger partial charge in [0.15, 0.2) is 0 Å². The molecular weight excluding hydrogens is 294 g/mol. The second-order valence-electron chi connectivity index (χ2n) is 5.69. The molecule has 0 fully saturated rings. The highest BCUT2D eigenvalue weighted by Gasteiger charge is 2.27. The summed E-state index contributed by atoms with van der Waals surface area (Å²) in [6.07, 6.45) is 5.82. The van der Waals surface area contributed by atoms with Crippen LogP contribution in [-0.2, 0) is 19.6 Å². The number of fused-ring (bicyclic) bond motifs is 1. The molecule has 3 aromatic heterocycles. The van der Waals surface area contributed by atoms with E-state index in [0.29, 0.717) is 6.04 Å². The number of nitrogens with zero attached hydrogens (tertiary/aromatic N) is 5. The highest BCUT2D eigenvalue weighted by atomic mass is 32.1. The fourth-order valence-corrected chi connectivity index (χ4v) is 3.84. The number of hydrogen-bond donors (Lipinski definition) is 0. The zero-order valence-electron chi connectivity index (χ0n) is 12.6. The molecule has 0 saturated heterocycles. The third-order valence-electron chi connectivity index (χ3n) is 4.32. The molecule has 1 aliphatic heterocycles. The average Bonchev–Trinajstić information content (AvgIpc) is 3.25. The topological polar surface area (TPSA) is 38.9 Å². The molecule has 1 atom stereocenters. The number of thiophene rings is 1. The summed E-state index contributed by atoms with van der Waals surface area (Å²) in [4.78, 5) is 8.61. The molecule has 114 valence electrons. The number of hydrogen-bond acceptors (Lipinski definition) is 4. The summed E-state index contributed by atoms with van der Waals surface area (Å²) >= 11 is 1.83. The molecule has 1 aliphatic rings. The Labute approximate surface area is 133 Å². The van der Waals surface area contributed by atoms with Crippen molar-refractivity contribution in [1.29, 1.82) is 0 Å². The second kappa shape index (κ2) is 5.70. The molecule has 0 amide bonds. The van der Waals surface area contributed by atoms with Gasteiger partial charge < -0.3 is 4.57 Å². The Morgan fingerprint density at radius 1 is 1.27 bits per heavy atom. The first-order valence-electron chi connectivity index (χ1n) is 7.59. The summed E-state index contributed by atoms with van der Waals surface area (Å²) in [6.45, 7) is 6.12. The van der Waals surface area contributed by atoms with Gasteiger partial charge in [-0.05, 0) is 24.4 Å². The third kappa shape index (κ3) is 2.48. The van der Waals surface area contributed by atoms with Crippen molar-refractivity contribution in [2.75, 3.05) is 6.54 Å². The van der Waals surface area contributed by atoms with Crippen molar-refractivity contribution < 1.29 is 0 Å². The van der Waals surface area contributed by atoms with Gasteiger partial charge in [0.05, 0.1) is 24.5 Å². The maximum absolute atomic E-state index is 4.68. The summed E-state index contributed by atoms with van der Waals surface area (Å²) in [6, 6.07) is 6.64. The van der Waals surface area contributed by atoms with Gasteiger partial charge in [0.25, 0.3) is 0 Å². The van der Waals surface area contributed by atoms with E-state index in [0.717, 1.165) is 26.2 Å². The Morgan fingerprint density at radius 3 is 3.00 bits per heavy atom. The molecule has 0 aliphatic carbocycles. The predicted molar refractivity (Wildman–Crippen MR) is 86.7 cm³/mol. The number of imidazole rings is 1. The molecule has 3 aromatic rings. The Bertz CT molecular complexity index is 729. The van der Waals surface area contributed by atoms with E-state index in [4.69, 9.17) is 0 Å². The molecule has 5 nitrogen and oxygen atoms in total. The van der Waals surface area contributed by atoms with Crippen LogP contribution in [0.15, 0.2) is 42.2 Å². The van der Waals surface area contributed by atoms with Gasteiger partial charge in [-0.15, -0.1) is 11.3 Å². The van der Waals surface area contributed by atoms with Crippen molar-refractivity contribution >= 4 is 11.3 Å². The van der Waals surface area contributed by atoms with E-state index in [1.807, 2.05) is 40.7 Å². The molecule has 0 aromatic carbocycles. The van der Waals surface area contributed by atoms with Crippen LogP contribution in [0.4, 0.5) is 0 Å². The van der Waals surface area contributed by atoms with E-state index in [1.165, 1.54) is 16.4 Å². The second-order valence-corrected chi connectivity index (χ2v) is 6.72. The van der Waals surface area contributed by atoms with Crippen LogP contribution < -0.4 is 0 Å². The zero-order valence-corrected chi connectivity index (χ0v) is 13.4. The van der Waals surface area contributed by atoms with E-state index in [9.17, 15) is 0 Å². The minimum atomic E-state index is 0.349. The number of aromatic nitrogens is 4. The molecular formula is C16H19N5S. The Kier molecular flexibility index (Phi) is 3.56. The SMILES string of the molecule is CC1c2ncc(Cn3cccn3)n2CCN1Cc1cccs1. The lowest BCUT2D eigenvalue weighted by Gasteiger charge is -2.34.